The summed E-state index contributed by atoms with van der Waals surface area (Å²) in [5.74, 6) is 5.21. The van der Waals surface area contributed by atoms with Gasteiger partial charge in [-0.25, -0.2) is 0 Å². The molecule has 0 radical (unpaired) electrons. The van der Waals surface area contributed by atoms with Crippen molar-refractivity contribution in [3.05, 3.63) is 12.7 Å². The molecular weight excluding hydrogens is 482 g/mol. The molecule has 5 nitrogen and oxygen atoms in total. The van der Waals surface area contributed by atoms with E-state index in [1.807, 2.05) is 6.08 Å². The third-order valence-electron chi connectivity index (χ3n) is 12.3. The van der Waals surface area contributed by atoms with E-state index in [2.05, 4.69) is 38.0 Å². The van der Waals surface area contributed by atoms with Gasteiger partial charge in [0.15, 0.2) is 0 Å². The van der Waals surface area contributed by atoms with Crippen LogP contribution in [0.1, 0.15) is 111 Å². The van der Waals surface area contributed by atoms with Gasteiger partial charge in [0.25, 0.3) is 0 Å². The lowest BCUT2D eigenvalue weighted by Crippen LogP contribution is -2.54. The number of amides is 1. The first kappa shape index (κ1) is 31.0. The van der Waals surface area contributed by atoms with Crippen molar-refractivity contribution in [2.75, 3.05) is 32.8 Å². The lowest BCUT2D eigenvalue weighted by atomic mass is 9.44. The van der Waals surface area contributed by atoms with E-state index in [9.17, 15) is 4.79 Å². The van der Waals surface area contributed by atoms with Crippen LogP contribution < -0.4 is 16.4 Å². The molecule has 1 amide bonds. The first-order valence-electron chi connectivity index (χ1n) is 16.7. The monoisotopic (exact) mass is 543 g/mol. The van der Waals surface area contributed by atoms with Crippen molar-refractivity contribution in [2.45, 2.75) is 117 Å². The molecule has 0 aromatic carbocycles. The normalized spacial score (nSPS) is 38.4. The molecule has 0 saturated heterocycles. The molecule has 0 aliphatic heterocycles. The van der Waals surface area contributed by atoms with Gasteiger partial charge in [0.2, 0.25) is 5.91 Å². The molecule has 0 bridgehead atoms. The fourth-order valence-electron chi connectivity index (χ4n) is 10.2. The number of nitrogens with two attached hydrogens (primary N) is 1. The molecule has 9 atom stereocenters. The molecule has 4 saturated carbocycles. The van der Waals surface area contributed by atoms with Crippen LogP contribution in [0.15, 0.2) is 12.7 Å². The minimum Gasteiger partial charge on any atom is -0.374 e. The van der Waals surface area contributed by atoms with Gasteiger partial charge >= 0.3 is 0 Å². The molecule has 0 aromatic heterocycles. The van der Waals surface area contributed by atoms with Crippen molar-refractivity contribution >= 4 is 5.91 Å². The number of ether oxygens (including phenoxy) is 1. The Labute approximate surface area is 240 Å². The third-order valence-corrected chi connectivity index (χ3v) is 12.3. The predicted molar refractivity (Wildman–Crippen MR) is 162 cm³/mol. The number of unbranched alkanes of at least 4 members (excludes halogenated alkanes) is 1. The molecule has 5 heteroatoms. The van der Waals surface area contributed by atoms with Crippen molar-refractivity contribution in [1.29, 1.82) is 0 Å². The Balaban J connectivity index is 1.23. The highest BCUT2D eigenvalue weighted by Gasteiger charge is 2.60. The molecule has 224 valence electrons. The van der Waals surface area contributed by atoms with Crippen LogP contribution in [0.4, 0.5) is 0 Å². The van der Waals surface area contributed by atoms with E-state index in [1.54, 1.807) is 0 Å². The summed E-state index contributed by atoms with van der Waals surface area (Å²) in [5.41, 5.74) is 6.53. The summed E-state index contributed by atoms with van der Waals surface area (Å²) in [6.07, 6.45) is 19.6. The summed E-state index contributed by atoms with van der Waals surface area (Å²) < 4.78 is 6.12. The second-order valence-electron chi connectivity index (χ2n) is 14.4. The van der Waals surface area contributed by atoms with E-state index in [4.69, 9.17) is 10.5 Å². The molecule has 4 rings (SSSR count). The molecule has 0 heterocycles. The summed E-state index contributed by atoms with van der Waals surface area (Å²) in [4.78, 5) is 12.6. The number of rotatable bonds is 15. The van der Waals surface area contributed by atoms with E-state index in [0.29, 0.717) is 35.9 Å². The largest absolute Gasteiger partial charge is 0.374 e. The second kappa shape index (κ2) is 14.3. The number of hydrogen-bond donors (Lipinski definition) is 3. The summed E-state index contributed by atoms with van der Waals surface area (Å²) in [6.45, 7) is 15.9. The van der Waals surface area contributed by atoms with Gasteiger partial charge in [-0.1, -0.05) is 26.8 Å². The van der Waals surface area contributed by atoms with Gasteiger partial charge in [0.05, 0.1) is 12.7 Å². The maximum atomic E-state index is 12.6. The zero-order valence-electron chi connectivity index (χ0n) is 25.7. The third kappa shape index (κ3) is 7.12. The highest BCUT2D eigenvalue weighted by atomic mass is 16.5. The molecule has 0 spiro atoms. The molecular formula is C34H61N3O2. The summed E-state index contributed by atoms with van der Waals surface area (Å²) in [6, 6.07) is 0. The highest BCUT2D eigenvalue weighted by Crippen LogP contribution is 2.68. The molecule has 4 aliphatic rings. The van der Waals surface area contributed by atoms with Crippen LogP contribution in [0.3, 0.4) is 0 Å². The number of hydrogen-bond acceptors (Lipinski definition) is 4. The van der Waals surface area contributed by atoms with Crippen molar-refractivity contribution < 1.29 is 9.53 Å². The van der Waals surface area contributed by atoms with Gasteiger partial charge in [-0.15, -0.1) is 6.58 Å². The van der Waals surface area contributed by atoms with E-state index < -0.39 is 0 Å². The Morgan fingerprint density at radius 3 is 2.56 bits per heavy atom. The zero-order chi connectivity index (χ0) is 27.9. The van der Waals surface area contributed by atoms with E-state index in [-0.39, 0.29) is 5.91 Å². The lowest BCUT2D eigenvalue weighted by molar-refractivity contribution is -0.135. The van der Waals surface area contributed by atoms with Crippen molar-refractivity contribution in [1.82, 2.24) is 10.6 Å². The second-order valence-corrected chi connectivity index (χ2v) is 14.4. The van der Waals surface area contributed by atoms with Gasteiger partial charge in [-0.05, 0) is 149 Å². The van der Waals surface area contributed by atoms with Gasteiger partial charge in [0, 0.05) is 13.0 Å². The Hall–Kier alpha value is -0.910. The molecule has 4 fully saturated rings. The molecule has 0 unspecified atom stereocenters. The summed E-state index contributed by atoms with van der Waals surface area (Å²) in [7, 11) is 0. The van der Waals surface area contributed by atoms with Crippen molar-refractivity contribution in [3.63, 3.8) is 0 Å². The van der Waals surface area contributed by atoms with Gasteiger partial charge in [0.1, 0.15) is 0 Å². The van der Waals surface area contributed by atoms with E-state index >= 15 is 0 Å². The van der Waals surface area contributed by atoms with Crippen LogP contribution in [0.25, 0.3) is 0 Å². The van der Waals surface area contributed by atoms with E-state index in [0.717, 1.165) is 81.5 Å². The minimum atomic E-state index is 0.243. The van der Waals surface area contributed by atoms with Crippen molar-refractivity contribution in [3.8, 4) is 0 Å². The number of carbonyl (C=O) groups excluding carboxylic acids is 1. The average Bonchev–Trinajstić information content (AvgIpc) is 3.29. The fourth-order valence-corrected chi connectivity index (χ4v) is 10.2. The first-order chi connectivity index (χ1) is 18.8. The van der Waals surface area contributed by atoms with Crippen LogP contribution in [-0.4, -0.2) is 44.8 Å². The highest BCUT2D eigenvalue weighted by molar-refractivity contribution is 5.75. The quantitative estimate of drug-likeness (QED) is 0.163. The maximum Gasteiger partial charge on any atom is 0.220 e. The standard InChI is InChI=1S/C34H61N3O2/c1-5-23-39-27-15-17-33(3)26(24-27)10-11-28-30-13-12-29(34(30,4)18-16-31(28)33)25(2)9-14-32(38)37-22-8-21-36-20-7-6-19-35/h5,25-31,36H,1,6-24,35H2,2-4H3,(H,37,38)/t25-,26-,27+,28+,29-,30+,31+,33+,34-/m1/s1. The Morgan fingerprint density at radius 2 is 1.77 bits per heavy atom. The smallest absolute Gasteiger partial charge is 0.220 e. The van der Waals surface area contributed by atoms with Crippen LogP contribution in [-0.2, 0) is 9.53 Å². The topological polar surface area (TPSA) is 76.4 Å². The zero-order valence-corrected chi connectivity index (χ0v) is 25.7. The predicted octanol–water partition coefficient (Wildman–Crippen LogP) is 6.47. The molecule has 39 heavy (non-hydrogen) atoms. The van der Waals surface area contributed by atoms with Crippen LogP contribution in [0, 0.1) is 46.3 Å². The first-order valence-corrected chi connectivity index (χ1v) is 16.7. The van der Waals surface area contributed by atoms with Crippen LogP contribution in [0.5, 0.6) is 0 Å². The maximum absolute atomic E-state index is 12.6. The van der Waals surface area contributed by atoms with Gasteiger partial charge in [-0.2, -0.15) is 0 Å². The average molecular weight is 544 g/mol. The summed E-state index contributed by atoms with van der Waals surface area (Å²) in [5, 5.41) is 6.61. The molecule has 4 aliphatic carbocycles. The minimum absolute atomic E-state index is 0.243. The molecule has 4 N–H and O–H groups in total. The Bertz CT molecular complexity index is 788. The molecule has 0 aromatic rings. The lowest BCUT2D eigenvalue weighted by Gasteiger charge is -2.61. The van der Waals surface area contributed by atoms with Crippen molar-refractivity contribution in [2.24, 2.45) is 52.1 Å². The van der Waals surface area contributed by atoms with Gasteiger partial charge in [-0.3, -0.25) is 4.79 Å². The Kier molecular flexibility index (Phi) is 11.4. The fraction of sp³-hybridized carbons (Fsp3) is 0.912. The van der Waals surface area contributed by atoms with E-state index in [1.165, 1.54) is 57.8 Å². The van der Waals surface area contributed by atoms with Crippen LogP contribution >= 0.6 is 0 Å². The van der Waals surface area contributed by atoms with Crippen LogP contribution in [0.2, 0.25) is 0 Å². The SMILES string of the molecule is C=CCO[C@H]1CC[C@@]2(C)[C@H](CC[C@@H]3[C@@H]2CC[C@]2(C)[C@@H]([C@H](C)CCC(=O)NCCCNCCCCN)CC[C@@H]32)C1. The number of fused-ring (bicyclic) bond motifs is 5. The summed E-state index contributed by atoms with van der Waals surface area (Å²) >= 11 is 0. The Morgan fingerprint density at radius 1 is 1.00 bits per heavy atom. The number of carbonyl (C=O) groups is 1. The van der Waals surface area contributed by atoms with Gasteiger partial charge < -0.3 is 21.1 Å². The number of nitrogens with one attached hydrogen (secondary N) is 2.